The van der Waals surface area contributed by atoms with Crippen LogP contribution in [0.1, 0.15) is 24.1 Å². The number of aromatic nitrogens is 2. The van der Waals surface area contributed by atoms with Gasteiger partial charge in [0.05, 0.1) is 12.7 Å². The zero-order valence-electron chi connectivity index (χ0n) is 9.83. The summed E-state index contributed by atoms with van der Waals surface area (Å²) in [7, 11) is 0. The van der Waals surface area contributed by atoms with Crippen LogP contribution in [-0.4, -0.2) is 9.97 Å². The summed E-state index contributed by atoms with van der Waals surface area (Å²) in [5.41, 5.74) is 1.14. The van der Waals surface area contributed by atoms with Gasteiger partial charge in [-0.25, -0.2) is 9.97 Å². The van der Waals surface area contributed by atoms with Gasteiger partial charge in [0.2, 0.25) is 5.89 Å². The Kier molecular flexibility index (Phi) is 3.78. The topological polar surface area (TPSA) is 51.0 Å². The van der Waals surface area contributed by atoms with Gasteiger partial charge in [-0.05, 0) is 34.5 Å². The van der Waals surface area contributed by atoms with Crippen LogP contribution in [-0.2, 0) is 13.0 Å². The molecule has 90 valence electrons. The van der Waals surface area contributed by atoms with Crippen molar-refractivity contribution in [2.75, 3.05) is 5.32 Å². The molecule has 0 unspecified atom stereocenters. The van der Waals surface area contributed by atoms with Gasteiger partial charge in [-0.2, -0.15) is 0 Å². The summed E-state index contributed by atoms with van der Waals surface area (Å²) in [6, 6.07) is 1.98. The number of anilines is 1. The molecular formula is C12H14BrN3O. The number of aryl methyl sites for hydroxylation is 2. The van der Waals surface area contributed by atoms with Crippen molar-refractivity contribution in [1.29, 1.82) is 0 Å². The van der Waals surface area contributed by atoms with E-state index in [1.807, 2.05) is 19.9 Å². The lowest BCUT2D eigenvalue weighted by Crippen LogP contribution is -2.01. The van der Waals surface area contributed by atoms with Crippen molar-refractivity contribution < 1.29 is 4.42 Å². The Hall–Kier alpha value is -1.36. The summed E-state index contributed by atoms with van der Waals surface area (Å²) in [6.07, 6.45) is 4.41. The molecule has 2 rings (SSSR count). The first-order valence-electron chi connectivity index (χ1n) is 5.48. The zero-order valence-corrected chi connectivity index (χ0v) is 11.4. The second-order valence-electron chi connectivity index (χ2n) is 3.75. The van der Waals surface area contributed by atoms with Gasteiger partial charge in [0.25, 0.3) is 0 Å². The highest BCUT2D eigenvalue weighted by Crippen LogP contribution is 2.17. The molecule has 0 atom stereocenters. The average molecular weight is 296 g/mol. The Morgan fingerprint density at radius 2 is 2.18 bits per heavy atom. The van der Waals surface area contributed by atoms with Gasteiger partial charge in [-0.3, -0.25) is 0 Å². The summed E-state index contributed by atoms with van der Waals surface area (Å²) in [4.78, 5) is 8.43. The van der Waals surface area contributed by atoms with Crippen molar-refractivity contribution in [3.05, 3.63) is 40.1 Å². The van der Waals surface area contributed by atoms with Crippen LogP contribution >= 0.6 is 15.9 Å². The van der Waals surface area contributed by atoms with Crippen molar-refractivity contribution in [2.45, 2.75) is 26.8 Å². The molecule has 0 aromatic carbocycles. The minimum atomic E-state index is 0.550. The number of pyridine rings is 1. The Morgan fingerprint density at radius 3 is 2.82 bits per heavy atom. The molecule has 1 N–H and O–H groups in total. The predicted octanol–water partition coefficient (Wildman–Crippen LogP) is 3.32. The predicted molar refractivity (Wildman–Crippen MR) is 69.9 cm³/mol. The minimum Gasteiger partial charge on any atom is -0.444 e. The third-order valence-corrected chi connectivity index (χ3v) is 3.25. The average Bonchev–Trinajstić information content (AvgIpc) is 2.79. The zero-order chi connectivity index (χ0) is 12.3. The maximum Gasteiger partial charge on any atom is 0.213 e. The summed E-state index contributed by atoms with van der Waals surface area (Å²) in [5, 5.41) is 3.18. The second kappa shape index (κ2) is 5.31. The molecule has 4 nitrogen and oxygen atoms in total. The van der Waals surface area contributed by atoms with Gasteiger partial charge in [-0.15, -0.1) is 0 Å². The molecule has 0 aliphatic carbocycles. The van der Waals surface area contributed by atoms with E-state index in [1.54, 1.807) is 12.4 Å². The monoisotopic (exact) mass is 295 g/mol. The summed E-state index contributed by atoms with van der Waals surface area (Å²) in [5.74, 6) is 2.41. The Balaban J connectivity index is 1.99. The van der Waals surface area contributed by atoms with E-state index in [1.165, 1.54) is 0 Å². The molecule has 0 saturated carbocycles. The molecule has 0 fully saturated rings. The van der Waals surface area contributed by atoms with E-state index in [0.29, 0.717) is 12.4 Å². The Bertz CT molecular complexity index is 510. The van der Waals surface area contributed by atoms with Gasteiger partial charge in [0, 0.05) is 17.1 Å². The molecule has 0 bridgehead atoms. The number of hydrogen-bond donors (Lipinski definition) is 1. The van der Waals surface area contributed by atoms with Crippen molar-refractivity contribution in [1.82, 2.24) is 9.97 Å². The normalized spacial score (nSPS) is 10.5. The minimum absolute atomic E-state index is 0.550. The smallest absolute Gasteiger partial charge is 0.213 e. The molecule has 0 aliphatic heterocycles. The fraction of sp³-hybridized carbons (Fsp3) is 0.333. The molecular weight excluding hydrogens is 282 g/mol. The van der Waals surface area contributed by atoms with E-state index in [0.717, 1.165) is 28.0 Å². The molecule has 5 heteroatoms. The standard InChI is InChI=1S/C12H14BrN3O/c1-3-9-5-16-12(17-9)7-15-11-4-8(2)10(13)6-14-11/h4-6H,3,7H2,1-2H3,(H,14,15). The van der Waals surface area contributed by atoms with Gasteiger partial charge in [0.1, 0.15) is 11.6 Å². The number of nitrogens with one attached hydrogen (secondary N) is 1. The van der Waals surface area contributed by atoms with E-state index in [4.69, 9.17) is 4.42 Å². The highest BCUT2D eigenvalue weighted by molar-refractivity contribution is 9.10. The van der Waals surface area contributed by atoms with Crippen molar-refractivity contribution >= 4 is 21.7 Å². The Morgan fingerprint density at radius 1 is 1.35 bits per heavy atom. The van der Waals surface area contributed by atoms with E-state index >= 15 is 0 Å². The molecule has 0 spiro atoms. The van der Waals surface area contributed by atoms with Crippen molar-refractivity contribution in [3.63, 3.8) is 0 Å². The highest BCUT2D eigenvalue weighted by Gasteiger charge is 2.03. The van der Waals surface area contributed by atoms with Crippen LogP contribution in [0.15, 0.2) is 27.3 Å². The number of rotatable bonds is 4. The highest BCUT2D eigenvalue weighted by atomic mass is 79.9. The number of nitrogens with zero attached hydrogens (tertiary/aromatic N) is 2. The van der Waals surface area contributed by atoms with Crippen LogP contribution in [0.3, 0.4) is 0 Å². The van der Waals surface area contributed by atoms with E-state index in [-0.39, 0.29) is 0 Å². The molecule has 2 aromatic rings. The van der Waals surface area contributed by atoms with Gasteiger partial charge >= 0.3 is 0 Å². The van der Waals surface area contributed by atoms with Gasteiger partial charge in [-0.1, -0.05) is 6.92 Å². The molecule has 17 heavy (non-hydrogen) atoms. The van der Waals surface area contributed by atoms with E-state index in [2.05, 4.69) is 31.2 Å². The number of oxazole rings is 1. The van der Waals surface area contributed by atoms with Crippen LogP contribution < -0.4 is 5.32 Å². The maximum atomic E-state index is 5.50. The van der Waals surface area contributed by atoms with Crippen molar-refractivity contribution in [2.24, 2.45) is 0 Å². The van der Waals surface area contributed by atoms with E-state index < -0.39 is 0 Å². The lowest BCUT2D eigenvalue weighted by Gasteiger charge is -2.04. The van der Waals surface area contributed by atoms with Crippen LogP contribution in [0.5, 0.6) is 0 Å². The van der Waals surface area contributed by atoms with Crippen LogP contribution in [0.25, 0.3) is 0 Å². The largest absolute Gasteiger partial charge is 0.444 e. The summed E-state index contributed by atoms with van der Waals surface area (Å²) < 4.78 is 6.50. The third kappa shape index (κ3) is 3.06. The summed E-state index contributed by atoms with van der Waals surface area (Å²) in [6.45, 7) is 4.61. The van der Waals surface area contributed by atoms with Crippen LogP contribution in [0, 0.1) is 6.92 Å². The van der Waals surface area contributed by atoms with Gasteiger partial charge < -0.3 is 9.73 Å². The van der Waals surface area contributed by atoms with Crippen LogP contribution in [0.4, 0.5) is 5.82 Å². The molecule has 0 radical (unpaired) electrons. The summed E-state index contributed by atoms with van der Waals surface area (Å²) >= 11 is 3.42. The SMILES string of the molecule is CCc1cnc(CNc2cc(C)c(Br)cn2)o1. The van der Waals surface area contributed by atoms with Crippen LogP contribution in [0.2, 0.25) is 0 Å². The number of hydrogen-bond acceptors (Lipinski definition) is 4. The molecule has 0 saturated heterocycles. The second-order valence-corrected chi connectivity index (χ2v) is 4.60. The first-order chi connectivity index (χ1) is 8.19. The maximum absolute atomic E-state index is 5.50. The quantitative estimate of drug-likeness (QED) is 0.940. The third-order valence-electron chi connectivity index (χ3n) is 2.42. The van der Waals surface area contributed by atoms with E-state index in [9.17, 15) is 0 Å². The number of halogens is 1. The molecule has 0 aliphatic rings. The lowest BCUT2D eigenvalue weighted by molar-refractivity contribution is 0.465. The fourth-order valence-electron chi connectivity index (χ4n) is 1.40. The molecule has 2 aromatic heterocycles. The first-order valence-corrected chi connectivity index (χ1v) is 6.28. The van der Waals surface area contributed by atoms with Gasteiger partial charge in [0.15, 0.2) is 0 Å². The molecule has 0 amide bonds. The lowest BCUT2D eigenvalue weighted by atomic mass is 10.3. The van der Waals surface area contributed by atoms with Crippen molar-refractivity contribution in [3.8, 4) is 0 Å². The Labute approximate surface area is 109 Å². The first kappa shape index (κ1) is 12.1. The fourth-order valence-corrected chi connectivity index (χ4v) is 1.61. The molecule has 2 heterocycles.